The lowest BCUT2D eigenvalue weighted by atomic mass is 9.46. The fourth-order valence-electron chi connectivity index (χ4n) is 6.43. The van der Waals surface area contributed by atoms with Crippen LogP contribution in [0, 0.1) is 35.0 Å². The third-order valence-electron chi connectivity index (χ3n) is 8.19. The zero-order valence-electron chi connectivity index (χ0n) is 17.6. The number of rotatable bonds is 5. The normalized spacial score (nSPS) is 41.1. The molecule has 4 heteroatoms. The van der Waals surface area contributed by atoms with Gasteiger partial charge in [-0.05, 0) is 74.5 Å². The molecule has 0 unspecified atom stereocenters. The molecule has 154 valence electrons. The molecule has 2 saturated carbocycles. The van der Waals surface area contributed by atoms with Crippen molar-refractivity contribution in [1.82, 2.24) is 5.32 Å². The Hall–Kier alpha value is -1.58. The number of fused-ring (bicyclic) bond motifs is 3. The van der Waals surface area contributed by atoms with Gasteiger partial charge < -0.3 is 10.4 Å². The summed E-state index contributed by atoms with van der Waals surface area (Å²) in [5.74, 6) is -0.414. The van der Waals surface area contributed by atoms with Crippen molar-refractivity contribution in [2.24, 2.45) is 28.1 Å². The van der Waals surface area contributed by atoms with Crippen LogP contribution in [0.5, 0.6) is 0 Å². The average molecular weight is 386 g/mol. The first-order chi connectivity index (χ1) is 13.1. The van der Waals surface area contributed by atoms with Crippen molar-refractivity contribution >= 4 is 11.9 Å². The van der Waals surface area contributed by atoms with Crippen LogP contribution < -0.4 is 5.32 Å². The van der Waals surface area contributed by atoms with Gasteiger partial charge in [0.05, 0.1) is 5.41 Å². The minimum absolute atomic E-state index is 0.0111. The third kappa shape index (κ3) is 3.33. The molecule has 0 aromatic rings. The summed E-state index contributed by atoms with van der Waals surface area (Å²) in [6.07, 6.45) is 11.6. The fourth-order valence-corrected chi connectivity index (χ4v) is 6.43. The molecule has 0 aromatic carbocycles. The Bertz CT molecular complexity index is 698. The SMILES string of the molecule is [CH]C[C@H](NC(=O)[C@]1(C)CCC[C@@]2(C)C3=CC[C@](C)(C=C)C[C@@H]3CC[C@H]12)C(=O)O. The molecule has 2 radical (unpaired) electrons. The second-order valence-corrected chi connectivity index (χ2v) is 10.0. The number of carboxylic acid groups (broad SMARTS) is 1. The van der Waals surface area contributed by atoms with Gasteiger partial charge in [0.15, 0.2) is 0 Å². The number of carbonyl (C=O) groups is 2. The van der Waals surface area contributed by atoms with E-state index in [1.54, 1.807) is 0 Å². The predicted octanol–water partition coefficient (Wildman–Crippen LogP) is 4.79. The smallest absolute Gasteiger partial charge is 0.326 e. The first-order valence-corrected chi connectivity index (χ1v) is 10.7. The fraction of sp³-hybridized carbons (Fsp3) is 0.708. The molecule has 1 amide bonds. The number of hydrogen-bond donors (Lipinski definition) is 2. The molecule has 2 N–H and O–H groups in total. The molecule has 0 heterocycles. The number of amides is 1. The highest BCUT2D eigenvalue weighted by atomic mass is 16.4. The maximum absolute atomic E-state index is 13.2. The number of hydrogen-bond acceptors (Lipinski definition) is 2. The molecule has 0 bridgehead atoms. The van der Waals surface area contributed by atoms with E-state index < -0.39 is 17.4 Å². The van der Waals surface area contributed by atoms with E-state index in [2.05, 4.69) is 37.9 Å². The first kappa shape index (κ1) is 21.1. The molecule has 0 aliphatic heterocycles. The summed E-state index contributed by atoms with van der Waals surface area (Å²) in [5.41, 5.74) is 1.16. The Kier molecular flexibility index (Phi) is 5.55. The van der Waals surface area contributed by atoms with Crippen LogP contribution in [0.3, 0.4) is 0 Å². The lowest BCUT2D eigenvalue weighted by Gasteiger charge is -2.58. The summed E-state index contributed by atoms with van der Waals surface area (Å²) in [4.78, 5) is 24.6. The molecule has 3 aliphatic rings. The third-order valence-corrected chi connectivity index (χ3v) is 8.19. The van der Waals surface area contributed by atoms with Crippen LogP contribution in [0.25, 0.3) is 0 Å². The van der Waals surface area contributed by atoms with E-state index >= 15 is 0 Å². The molecular formula is C24H35NO3. The van der Waals surface area contributed by atoms with Crippen molar-refractivity contribution in [2.75, 3.05) is 0 Å². The molecule has 0 aromatic heterocycles. The average Bonchev–Trinajstić information content (AvgIpc) is 2.65. The van der Waals surface area contributed by atoms with Gasteiger partial charge in [-0.15, -0.1) is 6.58 Å². The molecule has 4 nitrogen and oxygen atoms in total. The van der Waals surface area contributed by atoms with E-state index in [0.29, 0.717) is 5.92 Å². The number of carbonyl (C=O) groups excluding carboxylic acids is 1. The summed E-state index contributed by atoms with van der Waals surface area (Å²) < 4.78 is 0. The summed E-state index contributed by atoms with van der Waals surface area (Å²) >= 11 is 0. The van der Waals surface area contributed by atoms with Crippen LogP contribution in [0.2, 0.25) is 0 Å². The van der Waals surface area contributed by atoms with Crippen molar-refractivity contribution in [3.63, 3.8) is 0 Å². The van der Waals surface area contributed by atoms with Crippen molar-refractivity contribution in [3.05, 3.63) is 31.2 Å². The predicted molar refractivity (Wildman–Crippen MR) is 110 cm³/mol. The van der Waals surface area contributed by atoms with Gasteiger partial charge in [-0.2, -0.15) is 0 Å². The highest BCUT2D eigenvalue weighted by Gasteiger charge is 2.57. The molecule has 28 heavy (non-hydrogen) atoms. The molecule has 6 atom stereocenters. The Morgan fingerprint density at radius 2 is 2.07 bits per heavy atom. The van der Waals surface area contributed by atoms with Crippen LogP contribution in [0.4, 0.5) is 0 Å². The van der Waals surface area contributed by atoms with Crippen LogP contribution in [0.15, 0.2) is 24.3 Å². The standard InChI is InChI=1S/C24H35NO3/c1-6-18(20(26)27)25-21(28)24(5)13-8-12-23(4)17-11-14-22(3,7-2)15-16(17)9-10-19(23)24/h1,7,11,16,18-19H,2,6,8-10,12-15H2,3-5H3,(H,25,28)(H,26,27)/t16-,18-,19-,22-,23-,24+/m0/s1. The van der Waals surface area contributed by atoms with E-state index in [1.165, 1.54) is 5.57 Å². The largest absolute Gasteiger partial charge is 0.480 e. The van der Waals surface area contributed by atoms with Crippen molar-refractivity contribution in [3.8, 4) is 0 Å². The van der Waals surface area contributed by atoms with Gasteiger partial charge in [0.1, 0.15) is 6.04 Å². The summed E-state index contributed by atoms with van der Waals surface area (Å²) in [6, 6.07) is -1.02. The van der Waals surface area contributed by atoms with Gasteiger partial charge in [0.2, 0.25) is 5.91 Å². The molecule has 0 saturated heterocycles. The number of nitrogens with one attached hydrogen (secondary N) is 1. The summed E-state index contributed by atoms with van der Waals surface area (Å²) in [7, 11) is 0. The van der Waals surface area contributed by atoms with E-state index in [1.807, 2.05) is 6.92 Å². The number of aliphatic carboxylic acids is 1. The van der Waals surface area contributed by atoms with Gasteiger partial charge in [0.25, 0.3) is 0 Å². The van der Waals surface area contributed by atoms with Crippen LogP contribution >= 0.6 is 0 Å². The monoisotopic (exact) mass is 385 g/mol. The van der Waals surface area contributed by atoms with Gasteiger partial charge in [-0.25, -0.2) is 4.79 Å². The number of allylic oxidation sites excluding steroid dienone is 3. The van der Waals surface area contributed by atoms with E-state index in [0.717, 1.165) is 44.9 Å². The Balaban J connectivity index is 1.90. The van der Waals surface area contributed by atoms with E-state index in [4.69, 9.17) is 6.92 Å². The van der Waals surface area contributed by atoms with Crippen molar-refractivity contribution in [2.45, 2.75) is 78.2 Å². The zero-order chi connectivity index (χ0) is 20.7. The Morgan fingerprint density at radius 3 is 2.68 bits per heavy atom. The van der Waals surface area contributed by atoms with Crippen molar-refractivity contribution < 1.29 is 14.7 Å². The molecular weight excluding hydrogens is 350 g/mol. The topological polar surface area (TPSA) is 66.4 Å². The second kappa shape index (κ2) is 7.35. The maximum atomic E-state index is 13.2. The zero-order valence-corrected chi connectivity index (χ0v) is 17.6. The minimum Gasteiger partial charge on any atom is -0.480 e. The first-order valence-electron chi connectivity index (χ1n) is 10.7. The lowest BCUT2D eigenvalue weighted by Crippen LogP contribution is -2.57. The molecule has 3 aliphatic carbocycles. The van der Waals surface area contributed by atoms with Crippen LogP contribution in [-0.2, 0) is 9.59 Å². The van der Waals surface area contributed by atoms with Gasteiger partial charge >= 0.3 is 5.97 Å². The van der Waals surface area contributed by atoms with Crippen LogP contribution in [0.1, 0.15) is 72.1 Å². The van der Waals surface area contributed by atoms with E-state index in [-0.39, 0.29) is 29.1 Å². The second-order valence-electron chi connectivity index (χ2n) is 10.0. The molecule has 0 spiro atoms. The van der Waals surface area contributed by atoms with Gasteiger partial charge in [-0.3, -0.25) is 4.79 Å². The van der Waals surface area contributed by atoms with Gasteiger partial charge in [0, 0.05) is 0 Å². The van der Waals surface area contributed by atoms with Gasteiger partial charge in [-0.1, -0.05) is 44.9 Å². The Morgan fingerprint density at radius 1 is 1.36 bits per heavy atom. The summed E-state index contributed by atoms with van der Waals surface area (Å²) in [6.45, 7) is 16.3. The lowest BCUT2D eigenvalue weighted by molar-refractivity contribution is -0.148. The number of carboxylic acids is 1. The molecule has 3 rings (SSSR count). The van der Waals surface area contributed by atoms with Crippen molar-refractivity contribution in [1.29, 1.82) is 0 Å². The quantitative estimate of drug-likeness (QED) is 0.669. The van der Waals surface area contributed by atoms with Crippen LogP contribution in [-0.4, -0.2) is 23.0 Å². The highest BCUT2D eigenvalue weighted by Crippen LogP contribution is 2.63. The highest BCUT2D eigenvalue weighted by molar-refractivity contribution is 5.87. The molecule has 2 fully saturated rings. The Labute approximate surface area is 169 Å². The maximum Gasteiger partial charge on any atom is 0.326 e. The summed E-state index contributed by atoms with van der Waals surface area (Å²) in [5, 5.41) is 12.0. The van der Waals surface area contributed by atoms with E-state index in [9.17, 15) is 14.7 Å². The minimum atomic E-state index is -1.07.